The summed E-state index contributed by atoms with van der Waals surface area (Å²) >= 11 is 1.06. The van der Waals surface area contributed by atoms with Crippen LogP contribution in [0.3, 0.4) is 0 Å². The highest BCUT2D eigenvalue weighted by molar-refractivity contribution is 7.09. The van der Waals surface area contributed by atoms with Crippen LogP contribution in [0.15, 0.2) is 18.2 Å². The second-order valence-corrected chi connectivity index (χ2v) is 6.47. The van der Waals surface area contributed by atoms with Gasteiger partial charge < -0.3 is 4.74 Å². The van der Waals surface area contributed by atoms with Crippen molar-refractivity contribution in [1.82, 2.24) is 9.36 Å². The normalized spacial score (nSPS) is 11.8. The number of amides is 1. The minimum atomic E-state index is -0.619. The summed E-state index contributed by atoms with van der Waals surface area (Å²) in [7, 11) is 0. The maximum atomic E-state index is 12.4. The zero-order valence-corrected chi connectivity index (χ0v) is 15.1. The van der Waals surface area contributed by atoms with E-state index in [0.29, 0.717) is 23.1 Å². The minimum Gasteiger partial charge on any atom is -0.481 e. The molecule has 0 spiro atoms. The van der Waals surface area contributed by atoms with Gasteiger partial charge in [0, 0.05) is 11.5 Å². The van der Waals surface area contributed by atoms with Crippen LogP contribution in [-0.2, 0) is 16.0 Å². The van der Waals surface area contributed by atoms with Gasteiger partial charge >= 0.3 is 0 Å². The first-order valence-corrected chi connectivity index (χ1v) is 8.52. The first-order chi connectivity index (χ1) is 11.4. The van der Waals surface area contributed by atoms with Crippen LogP contribution in [0.2, 0.25) is 0 Å². The number of benzene rings is 1. The van der Waals surface area contributed by atoms with Crippen molar-refractivity contribution in [1.29, 1.82) is 0 Å². The number of nitrogens with one attached hydrogen (secondary N) is 1. The maximum Gasteiger partial charge on any atom is 0.267 e. The fourth-order valence-electron chi connectivity index (χ4n) is 2.27. The largest absolute Gasteiger partial charge is 0.481 e. The molecule has 1 atom stereocenters. The van der Waals surface area contributed by atoms with E-state index < -0.39 is 6.10 Å². The number of carbonyl (C=O) groups excluding carboxylic acids is 2. The lowest BCUT2D eigenvalue weighted by molar-refractivity contribution is -0.122. The van der Waals surface area contributed by atoms with E-state index in [2.05, 4.69) is 14.7 Å². The Bertz CT molecular complexity index is 722. The Morgan fingerprint density at radius 2 is 1.92 bits per heavy atom. The molecule has 0 radical (unpaired) electrons. The molecule has 0 saturated heterocycles. The van der Waals surface area contributed by atoms with Crippen molar-refractivity contribution in [2.45, 2.75) is 46.6 Å². The molecule has 128 valence electrons. The molecule has 1 N–H and O–H groups in total. The van der Waals surface area contributed by atoms with Gasteiger partial charge in [-0.3, -0.25) is 14.9 Å². The Morgan fingerprint density at radius 3 is 2.50 bits per heavy atom. The van der Waals surface area contributed by atoms with Crippen LogP contribution in [-0.4, -0.2) is 27.2 Å². The Labute approximate surface area is 145 Å². The van der Waals surface area contributed by atoms with Crippen LogP contribution < -0.4 is 10.1 Å². The zero-order valence-electron chi connectivity index (χ0n) is 14.3. The number of ketones is 1. The number of hydrogen-bond acceptors (Lipinski definition) is 6. The van der Waals surface area contributed by atoms with Crippen molar-refractivity contribution in [3.05, 3.63) is 35.2 Å². The average molecular weight is 347 g/mol. The van der Waals surface area contributed by atoms with Gasteiger partial charge in [-0.15, -0.1) is 0 Å². The molecule has 0 saturated carbocycles. The van der Waals surface area contributed by atoms with Crippen LogP contribution in [0.4, 0.5) is 5.13 Å². The molecule has 0 bridgehead atoms. The quantitative estimate of drug-likeness (QED) is 0.832. The molecule has 1 aromatic carbocycles. The first kappa shape index (κ1) is 18.1. The van der Waals surface area contributed by atoms with E-state index in [4.69, 9.17) is 4.74 Å². The van der Waals surface area contributed by atoms with Crippen molar-refractivity contribution in [2.75, 3.05) is 5.32 Å². The molecule has 0 aliphatic carbocycles. The van der Waals surface area contributed by atoms with Gasteiger partial charge in [0.15, 0.2) is 11.9 Å². The van der Waals surface area contributed by atoms with E-state index in [0.717, 1.165) is 22.7 Å². The minimum absolute atomic E-state index is 0.0183. The summed E-state index contributed by atoms with van der Waals surface area (Å²) in [6.45, 7) is 7.33. The molecule has 1 unspecified atom stereocenters. The van der Waals surface area contributed by atoms with E-state index in [1.54, 1.807) is 0 Å². The van der Waals surface area contributed by atoms with E-state index in [1.807, 2.05) is 39.0 Å². The van der Waals surface area contributed by atoms with Crippen LogP contribution in [0, 0.1) is 13.8 Å². The zero-order chi connectivity index (χ0) is 17.7. The maximum absolute atomic E-state index is 12.4. The Balaban J connectivity index is 2.03. The molecule has 2 rings (SSSR count). The van der Waals surface area contributed by atoms with Gasteiger partial charge in [-0.05, 0) is 50.5 Å². The molecular formula is C17H21N3O3S. The molecule has 7 heteroatoms. The van der Waals surface area contributed by atoms with Crippen LogP contribution >= 0.6 is 11.5 Å². The fourth-order valence-corrected chi connectivity index (χ4v) is 2.86. The summed E-state index contributed by atoms with van der Waals surface area (Å²) < 4.78 is 9.88. The lowest BCUT2D eigenvalue weighted by Gasteiger charge is -2.17. The average Bonchev–Trinajstić information content (AvgIpc) is 2.89. The van der Waals surface area contributed by atoms with Crippen molar-refractivity contribution in [2.24, 2.45) is 0 Å². The van der Waals surface area contributed by atoms with Gasteiger partial charge in [0.05, 0.1) is 6.42 Å². The number of carbonyl (C=O) groups is 2. The third-order valence-electron chi connectivity index (χ3n) is 3.24. The van der Waals surface area contributed by atoms with Gasteiger partial charge in [0.1, 0.15) is 11.5 Å². The molecule has 2 aromatic rings. The van der Waals surface area contributed by atoms with Crippen LogP contribution in [0.1, 0.15) is 37.2 Å². The number of anilines is 1. The topological polar surface area (TPSA) is 81.2 Å². The number of rotatable bonds is 7. The summed E-state index contributed by atoms with van der Waals surface area (Å²) in [6.07, 6.45) is 0.0759. The van der Waals surface area contributed by atoms with Crippen molar-refractivity contribution in [3.8, 4) is 5.75 Å². The second kappa shape index (κ2) is 8.01. The van der Waals surface area contributed by atoms with Gasteiger partial charge in [-0.1, -0.05) is 13.0 Å². The molecule has 1 heterocycles. The van der Waals surface area contributed by atoms with Gasteiger partial charge in [0.2, 0.25) is 5.13 Å². The Morgan fingerprint density at radius 1 is 1.25 bits per heavy atom. The second-order valence-electron chi connectivity index (χ2n) is 5.72. The monoisotopic (exact) mass is 347 g/mol. The number of hydrogen-bond donors (Lipinski definition) is 1. The standard InChI is InChI=1S/C17H21N3O3S/c1-5-14(23-13-7-10(2)6-11(3)8-13)16(22)19-17-18-15(20-24-17)9-12(4)21/h6-8,14H,5,9H2,1-4H3,(H,18,19,20,22). The third-order valence-corrected chi connectivity index (χ3v) is 3.91. The lowest BCUT2D eigenvalue weighted by atomic mass is 10.1. The van der Waals surface area contributed by atoms with Gasteiger partial charge in [-0.2, -0.15) is 4.37 Å². The molecule has 1 amide bonds. The molecule has 1 aromatic heterocycles. The third kappa shape index (κ3) is 5.13. The van der Waals surface area contributed by atoms with E-state index >= 15 is 0 Å². The molecule has 0 aliphatic rings. The highest BCUT2D eigenvalue weighted by Crippen LogP contribution is 2.19. The highest BCUT2D eigenvalue weighted by atomic mass is 32.1. The van der Waals surface area contributed by atoms with Gasteiger partial charge in [-0.25, -0.2) is 4.98 Å². The number of nitrogens with zero attached hydrogens (tertiary/aromatic N) is 2. The Hall–Kier alpha value is -2.28. The number of aryl methyl sites for hydroxylation is 2. The van der Waals surface area contributed by atoms with Crippen molar-refractivity contribution < 1.29 is 14.3 Å². The number of Topliss-reactive ketones (excluding diaryl/α,β-unsaturated/α-hetero) is 1. The summed E-state index contributed by atoms with van der Waals surface area (Å²) in [5.41, 5.74) is 2.16. The van der Waals surface area contributed by atoms with Crippen LogP contribution in [0.5, 0.6) is 5.75 Å². The summed E-state index contributed by atoms with van der Waals surface area (Å²) in [4.78, 5) is 27.6. The Kier molecular flexibility index (Phi) is 6.03. The lowest BCUT2D eigenvalue weighted by Crippen LogP contribution is -2.32. The smallest absolute Gasteiger partial charge is 0.267 e. The van der Waals surface area contributed by atoms with E-state index in [-0.39, 0.29) is 18.1 Å². The molecule has 0 aliphatic heterocycles. The molecule has 0 fully saturated rings. The molecule has 24 heavy (non-hydrogen) atoms. The predicted octanol–water partition coefficient (Wildman–Crippen LogP) is 3.08. The summed E-state index contributed by atoms with van der Waals surface area (Å²) in [6, 6.07) is 5.85. The van der Waals surface area contributed by atoms with Crippen molar-refractivity contribution in [3.63, 3.8) is 0 Å². The SMILES string of the molecule is CCC(Oc1cc(C)cc(C)c1)C(=O)Nc1nc(CC(C)=O)ns1. The number of aromatic nitrogens is 2. The first-order valence-electron chi connectivity index (χ1n) is 7.75. The molecular weight excluding hydrogens is 326 g/mol. The van der Waals surface area contributed by atoms with E-state index in [1.165, 1.54) is 6.92 Å². The van der Waals surface area contributed by atoms with E-state index in [9.17, 15) is 9.59 Å². The van der Waals surface area contributed by atoms with Gasteiger partial charge in [0.25, 0.3) is 5.91 Å². The number of ether oxygens (including phenoxy) is 1. The summed E-state index contributed by atoms with van der Waals surface area (Å²) in [5.74, 6) is 0.799. The predicted molar refractivity (Wildman–Crippen MR) is 93.5 cm³/mol. The van der Waals surface area contributed by atoms with Crippen molar-refractivity contribution >= 4 is 28.4 Å². The van der Waals surface area contributed by atoms with Crippen LogP contribution in [0.25, 0.3) is 0 Å². The fraction of sp³-hybridized carbons (Fsp3) is 0.412. The summed E-state index contributed by atoms with van der Waals surface area (Å²) in [5, 5.41) is 3.08. The molecule has 6 nitrogen and oxygen atoms in total. The highest BCUT2D eigenvalue weighted by Gasteiger charge is 2.20.